The van der Waals surface area contributed by atoms with Crippen LogP contribution in [0.4, 0.5) is 0 Å². The fraction of sp³-hybridized carbons (Fsp3) is 0.333. The third kappa shape index (κ3) is 1.90. The van der Waals surface area contributed by atoms with Crippen molar-refractivity contribution in [2.75, 3.05) is 0 Å². The van der Waals surface area contributed by atoms with Crippen LogP contribution in [0.5, 0.6) is 0 Å². The van der Waals surface area contributed by atoms with Crippen molar-refractivity contribution in [3.63, 3.8) is 0 Å². The molecule has 0 spiro atoms. The molecule has 1 aromatic carbocycles. The van der Waals surface area contributed by atoms with Gasteiger partial charge in [0.05, 0.1) is 0 Å². The third-order valence-corrected chi connectivity index (χ3v) is 3.35. The molecule has 0 saturated heterocycles. The van der Waals surface area contributed by atoms with Crippen LogP contribution in [0.1, 0.15) is 30.0 Å². The summed E-state index contributed by atoms with van der Waals surface area (Å²) in [6.45, 7) is 6.70. The summed E-state index contributed by atoms with van der Waals surface area (Å²) < 4.78 is 0. The lowest BCUT2D eigenvalue weighted by molar-refractivity contribution is 0.757. The number of rotatable bonds is 1. The second kappa shape index (κ2) is 4.06. The van der Waals surface area contributed by atoms with E-state index in [4.69, 9.17) is 0 Å². The normalized spacial score (nSPS) is 20.2. The Kier molecular flexibility index (Phi) is 2.77. The van der Waals surface area contributed by atoms with Gasteiger partial charge in [-0.25, -0.2) is 0 Å². The lowest BCUT2D eigenvalue weighted by Gasteiger charge is -2.20. The van der Waals surface area contributed by atoms with Gasteiger partial charge in [-0.05, 0) is 48.4 Å². The van der Waals surface area contributed by atoms with Crippen LogP contribution in [-0.2, 0) is 0 Å². The van der Waals surface area contributed by atoms with Gasteiger partial charge in [0, 0.05) is 0 Å². The summed E-state index contributed by atoms with van der Waals surface area (Å²) in [5.74, 6) is 0.649. The zero-order valence-corrected chi connectivity index (χ0v) is 9.75. The molecule has 1 aliphatic carbocycles. The minimum absolute atomic E-state index is 0.649. The molecule has 0 aromatic heterocycles. The van der Waals surface area contributed by atoms with Gasteiger partial charge in [-0.2, -0.15) is 0 Å². The molecule has 0 N–H and O–H groups in total. The van der Waals surface area contributed by atoms with E-state index in [9.17, 15) is 0 Å². The lowest BCUT2D eigenvalue weighted by Crippen LogP contribution is -2.02. The van der Waals surface area contributed by atoms with Gasteiger partial charge in [-0.3, -0.25) is 0 Å². The highest BCUT2D eigenvalue weighted by molar-refractivity contribution is 5.72. The molecule has 0 bridgehead atoms. The molecule has 1 aromatic rings. The molecule has 2 rings (SSSR count). The highest BCUT2D eigenvalue weighted by Gasteiger charge is 2.13. The summed E-state index contributed by atoms with van der Waals surface area (Å²) >= 11 is 0. The Labute approximate surface area is 92.3 Å². The van der Waals surface area contributed by atoms with Crippen molar-refractivity contribution < 1.29 is 0 Å². The smallest absolute Gasteiger partial charge is 0.0150 e. The number of hydrogen-bond donors (Lipinski definition) is 0. The van der Waals surface area contributed by atoms with E-state index in [0.717, 1.165) is 0 Å². The van der Waals surface area contributed by atoms with Crippen LogP contribution in [-0.4, -0.2) is 0 Å². The first-order chi connectivity index (χ1) is 7.20. The topological polar surface area (TPSA) is 0 Å². The van der Waals surface area contributed by atoms with Crippen molar-refractivity contribution in [2.24, 2.45) is 5.92 Å². The maximum Gasteiger partial charge on any atom is -0.0150 e. The maximum absolute atomic E-state index is 2.30. The Bertz CT molecular complexity index is 422. The molecule has 1 aliphatic rings. The van der Waals surface area contributed by atoms with Crippen molar-refractivity contribution in [1.82, 2.24) is 0 Å². The van der Waals surface area contributed by atoms with E-state index in [0.29, 0.717) is 5.92 Å². The monoisotopic (exact) mass is 198 g/mol. The lowest BCUT2D eigenvalue weighted by atomic mass is 9.85. The SMILES string of the molecule is Cc1cccc(C2=CC=CCC2C)c1C. The molecule has 1 unspecified atom stereocenters. The van der Waals surface area contributed by atoms with Crippen LogP contribution < -0.4 is 0 Å². The molecule has 0 heterocycles. The van der Waals surface area contributed by atoms with Gasteiger partial charge < -0.3 is 0 Å². The highest BCUT2D eigenvalue weighted by Crippen LogP contribution is 2.31. The quantitative estimate of drug-likeness (QED) is 0.631. The summed E-state index contributed by atoms with van der Waals surface area (Å²) in [4.78, 5) is 0. The Morgan fingerprint density at radius 3 is 2.73 bits per heavy atom. The second-order valence-corrected chi connectivity index (χ2v) is 4.43. The van der Waals surface area contributed by atoms with Crippen LogP contribution in [0.3, 0.4) is 0 Å². The van der Waals surface area contributed by atoms with E-state index >= 15 is 0 Å². The fourth-order valence-electron chi connectivity index (χ4n) is 2.16. The van der Waals surface area contributed by atoms with Crippen molar-refractivity contribution in [2.45, 2.75) is 27.2 Å². The average molecular weight is 198 g/mol. The van der Waals surface area contributed by atoms with Crippen LogP contribution in [0, 0.1) is 19.8 Å². The standard InChI is InChI=1S/C15H18/c1-11-8-6-10-15(13(11)3)14-9-5-4-7-12(14)2/h4-6,8-10,12H,7H2,1-3H3. The summed E-state index contributed by atoms with van der Waals surface area (Å²) in [6, 6.07) is 6.58. The maximum atomic E-state index is 2.30. The van der Waals surface area contributed by atoms with Gasteiger partial charge in [0.15, 0.2) is 0 Å². The van der Waals surface area contributed by atoms with Gasteiger partial charge >= 0.3 is 0 Å². The van der Waals surface area contributed by atoms with Crippen LogP contribution in [0.25, 0.3) is 5.57 Å². The van der Waals surface area contributed by atoms with Crippen molar-refractivity contribution in [3.05, 3.63) is 53.1 Å². The van der Waals surface area contributed by atoms with Crippen LogP contribution in [0.15, 0.2) is 36.4 Å². The first-order valence-electron chi connectivity index (χ1n) is 5.63. The molecule has 0 aliphatic heterocycles. The highest BCUT2D eigenvalue weighted by atomic mass is 14.2. The zero-order chi connectivity index (χ0) is 10.8. The fourth-order valence-corrected chi connectivity index (χ4v) is 2.16. The molecule has 0 heteroatoms. The predicted molar refractivity (Wildman–Crippen MR) is 66.8 cm³/mol. The van der Waals surface area contributed by atoms with E-state index in [1.165, 1.54) is 28.7 Å². The van der Waals surface area contributed by atoms with E-state index in [2.05, 4.69) is 57.2 Å². The van der Waals surface area contributed by atoms with Gasteiger partial charge in [-0.1, -0.05) is 43.4 Å². The molecular formula is C15H18. The largest absolute Gasteiger partial charge is 0.0839 e. The minimum atomic E-state index is 0.649. The second-order valence-electron chi connectivity index (χ2n) is 4.43. The molecule has 78 valence electrons. The Morgan fingerprint density at radius 2 is 2.00 bits per heavy atom. The number of allylic oxidation sites excluding steroid dienone is 4. The molecule has 0 saturated carbocycles. The van der Waals surface area contributed by atoms with Crippen molar-refractivity contribution in [1.29, 1.82) is 0 Å². The van der Waals surface area contributed by atoms with Gasteiger partial charge in [-0.15, -0.1) is 0 Å². The number of benzene rings is 1. The molecule has 0 fully saturated rings. The first kappa shape index (κ1) is 10.2. The predicted octanol–water partition coefficient (Wildman–Crippen LogP) is 4.28. The third-order valence-electron chi connectivity index (χ3n) is 3.35. The minimum Gasteiger partial charge on any atom is -0.0839 e. The first-order valence-corrected chi connectivity index (χ1v) is 5.63. The van der Waals surface area contributed by atoms with Crippen LogP contribution >= 0.6 is 0 Å². The average Bonchev–Trinajstić information content (AvgIpc) is 2.23. The van der Waals surface area contributed by atoms with E-state index in [1.807, 2.05) is 0 Å². The molecule has 0 amide bonds. The Morgan fingerprint density at radius 1 is 1.20 bits per heavy atom. The molecular weight excluding hydrogens is 180 g/mol. The summed E-state index contributed by atoms with van der Waals surface area (Å²) in [5, 5.41) is 0. The van der Waals surface area contributed by atoms with Crippen molar-refractivity contribution in [3.8, 4) is 0 Å². The van der Waals surface area contributed by atoms with Gasteiger partial charge in [0.25, 0.3) is 0 Å². The van der Waals surface area contributed by atoms with E-state index in [-0.39, 0.29) is 0 Å². The Balaban J connectivity index is 2.49. The van der Waals surface area contributed by atoms with Gasteiger partial charge in [0.2, 0.25) is 0 Å². The van der Waals surface area contributed by atoms with E-state index in [1.54, 1.807) is 0 Å². The van der Waals surface area contributed by atoms with Crippen LogP contribution in [0.2, 0.25) is 0 Å². The number of hydrogen-bond acceptors (Lipinski definition) is 0. The summed E-state index contributed by atoms with van der Waals surface area (Å²) in [6.07, 6.45) is 7.85. The van der Waals surface area contributed by atoms with Crippen molar-refractivity contribution >= 4 is 5.57 Å². The zero-order valence-electron chi connectivity index (χ0n) is 9.75. The molecule has 15 heavy (non-hydrogen) atoms. The number of aryl methyl sites for hydroxylation is 1. The summed E-state index contributed by atoms with van der Waals surface area (Å²) in [5.41, 5.74) is 5.71. The molecule has 0 nitrogen and oxygen atoms in total. The van der Waals surface area contributed by atoms with Gasteiger partial charge in [0.1, 0.15) is 0 Å². The van der Waals surface area contributed by atoms with E-state index < -0.39 is 0 Å². The molecule has 0 radical (unpaired) electrons. The summed E-state index contributed by atoms with van der Waals surface area (Å²) in [7, 11) is 0. The Hall–Kier alpha value is -1.30. The molecule has 1 atom stereocenters.